The predicted molar refractivity (Wildman–Crippen MR) is 80.3 cm³/mol. The van der Waals surface area contributed by atoms with Crippen LogP contribution in [0.3, 0.4) is 0 Å². The third-order valence-electron chi connectivity index (χ3n) is 4.17. The molecule has 10 heteroatoms. The molecule has 0 aromatic carbocycles. The first-order valence-corrected chi connectivity index (χ1v) is 7.56. The highest BCUT2D eigenvalue weighted by Gasteiger charge is 2.42. The summed E-state index contributed by atoms with van der Waals surface area (Å²) in [7, 11) is 1.66. The number of imidazole rings is 1. The zero-order chi connectivity index (χ0) is 17.3. The standard InChI is InChI=1S/C14H17F3N6O/c1-22(13-11-12(19-7-18-11)20-8-21-13)6-10(24)23-4-2-3-9(5-23)14(15,16)17/h7-9H,2-6H2,1H3,(H,18,19,20,21)/t9-/m0/s1. The lowest BCUT2D eigenvalue weighted by molar-refractivity contribution is -0.187. The van der Waals surface area contributed by atoms with Crippen LogP contribution in [0, 0.1) is 5.92 Å². The molecule has 2 aromatic rings. The van der Waals surface area contributed by atoms with Crippen LogP contribution in [0.1, 0.15) is 12.8 Å². The molecule has 0 radical (unpaired) electrons. The molecule has 2 aromatic heterocycles. The van der Waals surface area contributed by atoms with Crippen molar-refractivity contribution in [2.75, 3.05) is 31.6 Å². The van der Waals surface area contributed by atoms with Crippen LogP contribution in [-0.4, -0.2) is 63.6 Å². The number of amides is 1. The fourth-order valence-electron chi connectivity index (χ4n) is 2.89. The molecule has 0 aliphatic carbocycles. The molecule has 1 aliphatic rings. The number of fused-ring (bicyclic) bond motifs is 1. The molecule has 0 saturated carbocycles. The maximum absolute atomic E-state index is 12.9. The van der Waals surface area contributed by atoms with Crippen LogP contribution in [0.4, 0.5) is 19.0 Å². The van der Waals surface area contributed by atoms with Gasteiger partial charge in [0.2, 0.25) is 5.91 Å². The number of piperidine rings is 1. The van der Waals surface area contributed by atoms with Crippen LogP contribution in [0.15, 0.2) is 12.7 Å². The highest BCUT2D eigenvalue weighted by Crippen LogP contribution is 2.33. The number of anilines is 1. The van der Waals surface area contributed by atoms with Gasteiger partial charge in [0.15, 0.2) is 11.5 Å². The van der Waals surface area contributed by atoms with E-state index in [0.717, 1.165) is 0 Å². The lowest BCUT2D eigenvalue weighted by Gasteiger charge is -2.34. The highest BCUT2D eigenvalue weighted by atomic mass is 19.4. The van der Waals surface area contributed by atoms with Gasteiger partial charge in [0.1, 0.15) is 11.8 Å². The van der Waals surface area contributed by atoms with Gasteiger partial charge >= 0.3 is 6.18 Å². The quantitative estimate of drug-likeness (QED) is 0.916. The van der Waals surface area contributed by atoms with Crippen molar-refractivity contribution in [3.63, 3.8) is 0 Å². The number of carbonyl (C=O) groups excluding carboxylic acids is 1. The molecule has 0 spiro atoms. The summed E-state index contributed by atoms with van der Waals surface area (Å²) in [6.07, 6.45) is -1.03. The van der Waals surface area contributed by atoms with Crippen LogP contribution < -0.4 is 4.90 Å². The van der Waals surface area contributed by atoms with Crippen LogP contribution in [-0.2, 0) is 4.79 Å². The Kier molecular flexibility index (Phi) is 4.29. The average Bonchev–Trinajstić information content (AvgIpc) is 3.02. The van der Waals surface area contributed by atoms with Crippen molar-refractivity contribution in [1.29, 1.82) is 0 Å². The van der Waals surface area contributed by atoms with Gasteiger partial charge in [-0.05, 0) is 12.8 Å². The molecule has 1 atom stereocenters. The van der Waals surface area contributed by atoms with Crippen molar-refractivity contribution in [1.82, 2.24) is 24.8 Å². The number of aromatic amines is 1. The Morgan fingerprint density at radius 3 is 2.96 bits per heavy atom. The number of carbonyl (C=O) groups is 1. The number of nitrogens with one attached hydrogen (secondary N) is 1. The molecular weight excluding hydrogens is 325 g/mol. The van der Waals surface area contributed by atoms with Crippen LogP contribution in [0.5, 0.6) is 0 Å². The molecule has 1 N–H and O–H groups in total. The van der Waals surface area contributed by atoms with Crippen molar-refractivity contribution >= 4 is 22.9 Å². The number of aromatic nitrogens is 4. The molecule has 24 heavy (non-hydrogen) atoms. The second-order valence-corrected chi connectivity index (χ2v) is 5.87. The zero-order valence-corrected chi connectivity index (χ0v) is 13.0. The Balaban J connectivity index is 1.69. The summed E-state index contributed by atoms with van der Waals surface area (Å²) < 4.78 is 38.6. The minimum atomic E-state index is -4.26. The fraction of sp³-hybridized carbons (Fsp3) is 0.571. The van der Waals surface area contributed by atoms with Gasteiger partial charge in [-0.1, -0.05) is 0 Å². The van der Waals surface area contributed by atoms with E-state index in [0.29, 0.717) is 29.9 Å². The molecule has 3 heterocycles. The number of nitrogens with zero attached hydrogens (tertiary/aromatic N) is 5. The van der Waals surface area contributed by atoms with Gasteiger partial charge in [-0.3, -0.25) is 4.79 Å². The van der Waals surface area contributed by atoms with Crippen molar-refractivity contribution in [2.24, 2.45) is 5.92 Å². The van der Waals surface area contributed by atoms with Crippen LogP contribution >= 0.6 is 0 Å². The van der Waals surface area contributed by atoms with Gasteiger partial charge in [0.05, 0.1) is 18.8 Å². The number of rotatable bonds is 3. The predicted octanol–water partition coefficient (Wildman–Crippen LogP) is 1.59. The topological polar surface area (TPSA) is 78.0 Å². The van der Waals surface area contributed by atoms with Crippen molar-refractivity contribution in [3.05, 3.63) is 12.7 Å². The number of H-pyrrole nitrogens is 1. The Hall–Kier alpha value is -2.39. The number of likely N-dealkylation sites (N-methyl/N-ethyl adjacent to an activating group) is 1. The minimum absolute atomic E-state index is 0.0598. The minimum Gasteiger partial charge on any atom is -0.348 e. The van der Waals surface area contributed by atoms with Gasteiger partial charge < -0.3 is 14.8 Å². The fourth-order valence-corrected chi connectivity index (χ4v) is 2.89. The summed E-state index contributed by atoms with van der Waals surface area (Å²) >= 11 is 0. The van der Waals surface area contributed by atoms with E-state index < -0.39 is 12.1 Å². The summed E-state index contributed by atoms with van der Waals surface area (Å²) in [4.78, 5) is 30.3. The summed E-state index contributed by atoms with van der Waals surface area (Å²) in [5.41, 5.74) is 1.05. The zero-order valence-electron chi connectivity index (χ0n) is 13.0. The van der Waals surface area contributed by atoms with Gasteiger partial charge in [-0.15, -0.1) is 0 Å². The lowest BCUT2D eigenvalue weighted by atomic mass is 9.97. The van der Waals surface area contributed by atoms with E-state index in [1.165, 1.54) is 17.6 Å². The molecule has 1 amide bonds. The van der Waals surface area contributed by atoms with E-state index in [1.807, 2.05) is 0 Å². The molecule has 1 aliphatic heterocycles. The van der Waals surface area contributed by atoms with Gasteiger partial charge in [0, 0.05) is 20.1 Å². The van der Waals surface area contributed by atoms with Gasteiger partial charge in [-0.2, -0.15) is 13.2 Å². The SMILES string of the molecule is CN(CC(=O)N1CCC[C@H](C(F)(F)F)C1)c1ncnc2nc[nH]c12. The summed E-state index contributed by atoms with van der Waals surface area (Å²) in [6.45, 7) is 0.0115. The van der Waals surface area contributed by atoms with E-state index in [2.05, 4.69) is 19.9 Å². The number of likely N-dealkylation sites (tertiary alicyclic amines) is 1. The van der Waals surface area contributed by atoms with E-state index in [9.17, 15) is 18.0 Å². The van der Waals surface area contributed by atoms with E-state index in [-0.39, 0.29) is 25.4 Å². The Bertz CT molecular complexity index is 731. The van der Waals surface area contributed by atoms with E-state index in [4.69, 9.17) is 0 Å². The van der Waals surface area contributed by atoms with Crippen molar-refractivity contribution in [3.8, 4) is 0 Å². The largest absolute Gasteiger partial charge is 0.393 e. The van der Waals surface area contributed by atoms with Crippen LogP contribution in [0.25, 0.3) is 11.2 Å². The first-order valence-electron chi connectivity index (χ1n) is 7.56. The second-order valence-electron chi connectivity index (χ2n) is 5.87. The van der Waals surface area contributed by atoms with Gasteiger partial charge in [0.25, 0.3) is 0 Å². The maximum Gasteiger partial charge on any atom is 0.393 e. The molecule has 0 unspecified atom stereocenters. The third-order valence-corrected chi connectivity index (χ3v) is 4.17. The average molecular weight is 342 g/mol. The first-order chi connectivity index (χ1) is 11.4. The van der Waals surface area contributed by atoms with Crippen molar-refractivity contribution < 1.29 is 18.0 Å². The number of halogens is 3. The lowest BCUT2D eigenvalue weighted by Crippen LogP contribution is -2.47. The Morgan fingerprint density at radius 2 is 2.21 bits per heavy atom. The van der Waals surface area contributed by atoms with E-state index >= 15 is 0 Å². The summed E-state index contributed by atoms with van der Waals surface area (Å²) in [6, 6.07) is 0. The Labute approximate surface area is 135 Å². The number of alkyl halides is 3. The molecule has 0 bridgehead atoms. The Morgan fingerprint density at radius 1 is 1.42 bits per heavy atom. The first kappa shape index (κ1) is 16.5. The smallest absolute Gasteiger partial charge is 0.348 e. The monoisotopic (exact) mass is 342 g/mol. The van der Waals surface area contributed by atoms with Crippen LogP contribution in [0.2, 0.25) is 0 Å². The molecular formula is C14H17F3N6O. The maximum atomic E-state index is 12.9. The highest BCUT2D eigenvalue weighted by molar-refractivity contribution is 5.87. The number of hydrogen-bond acceptors (Lipinski definition) is 5. The second kappa shape index (κ2) is 6.25. The molecule has 3 rings (SSSR count). The summed E-state index contributed by atoms with van der Waals surface area (Å²) in [5.74, 6) is -1.31. The third kappa shape index (κ3) is 3.26. The van der Waals surface area contributed by atoms with Crippen molar-refractivity contribution in [2.45, 2.75) is 19.0 Å². The molecule has 130 valence electrons. The normalized spacial score (nSPS) is 18.8. The number of hydrogen-bond donors (Lipinski definition) is 1. The summed E-state index contributed by atoms with van der Waals surface area (Å²) in [5, 5.41) is 0. The molecule has 1 fully saturated rings. The van der Waals surface area contributed by atoms with Gasteiger partial charge in [-0.25, -0.2) is 15.0 Å². The van der Waals surface area contributed by atoms with E-state index in [1.54, 1.807) is 11.9 Å². The molecule has 1 saturated heterocycles. The molecule has 7 nitrogen and oxygen atoms in total.